The lowest BCUT2D eigenvalue weighted by Gasteiger charge is -2.36. The number of hydrogen-bond acceptors (Lipinski definition) is 1. The monoisotopic (exact) mass is 273 g/mol. The molecular formula is C16H32ClN. The predicted molar refractivity (Wildman–Crippen MR) is 82.5 cm³/mol. The number of unbranched alkanes of at least 4 members (excludes halogenated alkanes) is 6. The first kappa shape index (κ1) is 16.3. The lowest BCUT2D eigenvalue weighted by Crippen LogP contribution is -2.48. The topological polar surface area (TPSA) is 12.0 Å². The van der Waals surface area contributed by atoms with E-state index in [0.29, 0.717) is 0 Å². The third-order valence-corrected chi connectivity index (χ3v) is 4.86. The van der Waals surface area contributed by atoms with E-state index in [2.05, 4.69) is 12.2 Å². The van der Waals surface area contributed by atoms with Crippen molar-refractivity contribution < 1.29 is 0 Å². The normalized spacial score (nSPS) is 19.0. The fourth-order valence-electron chi connectivity index (χ4n) is 3.02. The molecule has 0 heterocycles. The molecule has 1 fully saturated rings. The molecule has 1 nitrogen and oxygen atoms in total. The molecule has 0 aliphatic heterocycles. The largest absolute Gasteiger partial charge is 0.310 e. The second-order valence-electron chi connectivity index (χ2n) is 6.02. The first-order valence-corrected chi connectivity index (χ1v) is 8.67. The maximum atomic E-state index is 6.17. The van der Waals surface area contributed by atoms with Gasteiger partial charge in [0.1, 0.15) is 0 Å². The summed E-state index contributed by atoms with van der Waals surface area (Å²) < 4.78 is 0. The van der Waals surface area contributed by atoms with Crippen LogP contribution in [0.1, 0.15) is 84.0 Å². The van der Waals surface area contributed by atoms with Gasteiger partial charge in [0.25, 0.3) is 0 Å². The van der Waals surface area contributed by atoms with Crippen molar-refractivity contribution in [1.29, 1.82) is 0 Å². The molecular weight excluding hydrogens is 242 g/mol. The first-order chi connectivity index (χ1) is 8.83. The van der Waals surface area contributed by atoms with Crippen LogP contribution in [0.25, 0.3) is 0 Å². The Hall–Kier alpha value is 0.250. The molecule has 0 atom stereocenters. The minimum atomic E-state index is 0.280. The van der Waals surface area contributed by atoms with Crippen LogP contribution in [0.2, 0.25) is 0 Å². The number of alkyl halides is 1. The van der Waals surface area contributed by atoms with E-state index < -0.39 is 0 Å². The molecule has 18 heavy (non-hydrogen) atoms. The molecule has 1 N–H and O–H groups in total. The zero-order chi connectivity index (χ0) is 13.1. The highest BCUT2D eigenvalue weighted by Gasteiger charge is 2.29. The molecule has 0 unspecified atom stereocenters. The number of rotatable bonds is 10. The maximum absolute atomic E-state index is 6.17. The third-order valence-electron chi connectivity index (χ3n) is 4.35. The van der Waals surface area contributed by atoms with Crippen molar-refractivity contribution in [2.45, 2.75) is 89.5 Å². The minimum Gasteiger partial charge on any atom is -0.310 e. The van der Waals surface area contributed by atoms with E-state index in [1.165, 1.54) is 83.6 Å². The van der Waals surface area contributed by atoms with Crippen LogP contribution in [0.3, 0.4) is 0 Å². The summed E-state index contributed by atoms with van der Waals surface area (Å²) in [6.45, 7) is 3.44. The number of halogens is 1. The van der Waals surface area contributed by atoms with Gasteiger partial charge in [-0.3, -0.25) is 0 Å². The standard InChI is InChI=1S/C16H32ClN/c1-2-3-4-5-6-7-11-14-18-16(15-17)12-9-8-10-13-16/h18H,2-15H2,1H3. The molecule has 0 spiro atoms. The molecule has 2 heteroatoms. The highest BCUT2D eigenvalue weighted by molar-refractivity contribution is 6.18. The summed E-state index contributed by atoms with van der Waals surface area (Å²) in [5.74, 6) is 0.795. The summed E-state index contributed by atoms with van der Waals surface area (Å²) in [4.78, 5) is 0. The second kappa shape index (κ2) is 10.1. The van der Waals surface area contributed by atoms with Crippen molar-refractivity contribution in [3.05, 3.63) is 0 Å². The van der Waals surface area contributed by atoms with Crippen LogP contribution in [0.4, 0.5) is 0 Å². The van der Waals surface area contributed by atoms with Crippen LogP contribution in [0.15, 0.2) is 0 Å². The van der Waals surface area contributed by atoms with Gasteiger partial charge in [0.05, 0.1) is 0 Å². The van der Waals surface area contributed by atoms with E-state index in [1.54, 1.807) is 0 Å². The number of nitrogens with one attached hydrogen (secondary N) is 1. The molecule has 0 radical (unpaired) electrons. The van der Waals surface area contributed by atoms with Crippen molar-refractivity contribution in [2.75, 3.05) is 12.4 Å². The van der Waals surface area contributed by atoms with Gasteiger partial charge in [-0.1, -0.05) is 64.7 Å². The van der Waals surface area contributed by atoms with Gasteiger partial charge in [0, 0.05) is 11.4 Å². The van der Waals surface area contributed by atoms with Gasteiger partial charge in [0.15, 0.2) is 0 Å². The highest BCUT2D eigenvalue weighted by atomic mass is 35.5. The lowest BCUT2D eigenvalue weighted by atomic mass is 9.83. The Morgan fingerprint density at radius 1 is 0.889 bits per heavy atom. The van der Waals surface area contributed by atoms with Gasteiger partial charge >= 0.3 is 0 Å². The lowest BCUT2D eigenvalue weighted by molar-refractivity contribution is 0.257. The van der Waals surface area contributed by atoms with Crippen LogP contribution in [-0.4, -0.2) is 18.0 Å². The van der Waals surface area contributed by atoms with Crippen LogP contribution in [0, 0.1) is 0 Å². The summed E-state index contributed by atoms with van der Waals surface area (Å²) >= 11 is 6.17. The molecule has 1 aliphatic carbocycles. The van der Waals surface area contributed by atoms with E-state index in [0.717, 1.165) is 5.88 Å². The Labute approximate surface area is 119 Å². The summed E-state index contributed by atoms with van der Waals surface area (Å²) in [6.07, 6.45) is 16.4. The van der Waals surface area contributed by atoms with Crippen LogP contribution in [-0.2, 0) is 0 Å². The molecule has 0 aromatic heterocycles. The Morgan fingerprint density at radius 2 is 1.50 bits per heavy atom. The molecule has 0 amide bonds. The van der Waals surface area contributed by atoms with E-state index >= 15 is 0 Å². The van der Waals surface area contributed by atoms with Gasteiger partial charge < -0.3 is 5.32 Å². The molecule has 0 aromatic carbocycles. The van der Waals surface area contributed by atoms with E-state index in [1.807, 2.05) is 0 Å². The summed E-state index contributed by atoms with van der Waals surface area (Å²) in [6, 6.07) is 0. The Bertz CT molecular complexity index is 188. The van der Waals surface area contributed by atoms with Gasteiger partial charge in [0.2, 0.25) is 0 Å². The van der Waals surface area contributed by atoms with E-state index in [9.17, 15) is 0 Å². The van der Waals surface area contributed by atoms with Crippen molar-refractivity contribution in [3.63, 3.8) is 0 Å². The molecule has 1 aliphatic rings. The maximum Gasteiger partial charge on any atom is 0.0406 e. The highest BCUT2D eigenvalue weighted by Crippen LogP contribution is 2.29. The molecule has 108 valence electrons. The summed E-state index contributed by atoms with van der Waals surface area (Å²) in [5, 5.41) is 3.75. The smallest absolute Gasteiger partial charge is 0.0406 e. The molecule has 0 aromatic rings. The Kier molecular flexibility index (Phi) is 9.14. The molecule has 0 bridgehead atoms. The fraction of sp³-hybridized carbons (Fsp3) is 1.00. The van der Waals surface area contributed by atoms with Crippen molar-refractivity contribution in [2.24, 2.45) is 0 Å². The van der Waals surface area contributed by atoms with E-state index in [-0.39, 0.29) is 5.54 Å². The van der Waals surface area contributed by atoms with Gasteiger partial charge in [-0.25, -0.2) is 0 Å². The average Bonchev–Trinajstić information content (AvgIpc) is 2.43. The molecule has 1 saturated carbocycles. The Morgan fingerprint density at radius 3 is 2.11 bits per heavy atom. The van der Waals surface area contributed by atoms with Crippen molar-refractivity contribution in [3.8, 4) is 0 Å². The third kappa shape index (κ3) is 6.43. The van der Waals surface area contributed by atoms with E-state index in [4.69, 9.17) is 11.6 Å². The van der Waals surface area contributed by atoms with Gasteiger partial charge in [-0.05, 0) is 25.8 Å². The SMILES string of the molecule is CCCCCCCCCNC1(CCl)CCCCC1. The zero-order valence-corrected chi connectivity index (χ0v) is 13.0. The van der Waals surface area contributed by atoms with Gasteiger partial charge in [-0.15, -0.1) is 11.6 Å². The van der Waals surface area contributed by atoms with Crippen LogP contribution >= 0.6 is 11.6 Å². The second-order valence-corrected chi connectivity index (χ2v) is 6.29. The van der Waals surface area contributed by atoms with Crippen molar-refractivity contribution >= 4 is 11.6 Å². The van der Waals surface area contributed by atoms with Crippen LogP contribution in [0.5, 0.6) is 0 Å². The summed E-state index contributed by atoms with van der Waals surface area (Å²) in [5.41, 5.74) is 0.280. The number of hydrogen-bond donors (Lipinski definition) is 1. The quantitative estimate of drug-likeness (QED) is 0.422. The van der Waals surface area contributed by atoms with Crippen LogP contribution < -0.4 is 5.32 Å². The van der Waals surface area contributed by atoms with Crippen molar-refractivity contribution in [1.82, 2.24) is 5.32 Å². The van der Waals surface area contributed by atoms with Gasteiger partial charge in [-0.2, -0.15) is 0 Å². The fourth-order valence-corrected chi connectivity index (χ4v) is 3.38. The molecule has 0 saturated heterocycles. The molecule has 1 rings (SSSR count). The predicted octanol–water partition coefficient (Wildman–Crippen LogP) is 5.27. The first-order valence-electron chi connectivity index (χ1n) is 8.14. The zero-order valence-electron chi connectivity index (χ0n) is 12.3. The minimum absolute atomic E-state index is 0.280. The Balaban J connectivity index is 1.98. The summed E-state index contributed by atoms with van der Waals surface area (Å²) in [7, 11) is 0. The average molecular weight is 274 g/mol.